The van der Waals surface area contributed by atoms with E-state index in [1.54, 1.807) is 30.3 Å². The molecule has 4 heteroatoms. The molecule has 2 rings (SSSR count). The molecule has 0 heterocycles. The molecule has 1 aromatic carbocycles. The third kappa shape index (κ3) is 3.03. The van der Waals surface area contributed by atoms with Crippen LogP contribution in [0, 0.1) is 10.2 Å². The van der Waals surface area contributed by atoms with Crippen molar-refractivity contribution in [2.45, 2.75) is 17.9 Å². The molecule has 1 aliphatic carbocycles. The first-order valence-corrected chi connectivity index (χ1v) is 7.71. The van der Waals surface area contributed by atoms with Gasteiger partial charge in [0.25, 0.3) is 0 Å². The summed E-state index contributed by atoms with van der Waals surface area (Å²) in [6.45, 7) is 1.97. The van der Waals surface area contributed by atoms with E-state index in [-0.39, 0.29) is 6.04 Å². The van der Waals surface area contributed by atoms with Crippen LogP contribution in [-0.4, -0.2) is 10.3 Å². The molecule has 3 atom stereocenters. The van der Waals surface area contributed by atoms with E-state index in [1.165, 1.54) is 5.41 Å². The van der Waals surface area contributed by atoms with Crippen LogP contribution in [0.25, 0.3) is 0 Å². The summed E-state index contributed by atoms with van der Waals surface area (Å²) in [7, 11) is -2.92. The number of rotatable bonds is 3. The van der Waals surface area contributed by atoms with Gasteiger partial charge in [-0.25, -0.2) is 8.99 Å². The van der Waals surface area contributed by atoms with Crippen LogP contribution in [0.15, 0.2) is 71.0 Å². The first-order valence-electron chi connectivity index (χ1n) is 6.09. The molecule has 0 saturated carbocycles. The highest BCUT2D eigenvalue weighted by atomic mass is 32.2. The van der Waals surface area contributed by atoms with Gasteiger partial charge in [-0.3, -0.25) is 0 Å². The van der Waals surface area contributed by atoms with Gasteiger partial charge in [-0.05, 0) is 12.1 Å². The molecule has 0 saturated heterocycles. The average Bonchev–Trinajstić information content (AvgIpc) is 2.42. The van der Waals surface area contributed by atoms with Crippen LogP contribution < -0.4 is 5.73 Å². The molecule has 0 bridgehead atoms. The highest BCUT2D eigenvalue weighted by molar-refractivity contribution is 7.95. The van der Waals surface area contributed by atoms with Crippen molar-refractivity contribution in [3.05, 3.63) is 66.1 Å². The minimum absolute atomic E-state index is 0.167. The SMILES string of the molecule is CC1(C=CS(=N)(=O)c2ccccc2)C=CC=CC1N. The molecule has 0 aromatic heterocycles. The van der Waals surface area contributed by atoms with Crippen LogP contribution in [0.5, 0.6) is 0 Å². The van der Waals surface area contributed by atoms with E-state index in [9.17, 15) is 4.21 Å². The fourth-order valence-electron chi connectivity index (χ4n) is 1.88. The Morgan fingerprint density at radius 2 is 2.00 bits per heavy atom. The zero-order valence-corrected chi connectivity index (χ0v) is 11.6. The lowest BCUT2D eigenvalue weighted by Crippen LogP contribution is -2.36. The largest absolute Gasteiger partial charge is 0.323 e. The summed E-state index contributed by atoms with van der Waals surface area (Å²) in [4.78, 5) is 0.513. The lowest BCUT2D eigenvalue weighted by atomic mass is 9.80. The Balaban J connectivity index is 2.28. The number of hydrogen-bond donors (Lipinski definition) is 2. The summed E-state index contributed by atoms with van der Waals surface area (Å²) in [6, 6.07) is 8.66. The molecular formula is C15H18N2OS. The van der Waals surface area contributed by atoms with Crippen LogP contribution >= 0.6 is 0 Å². The second-order valence-corrected chi connectivity index (χ2v) is 6.80. The van der Waals surface area contributed by atoms with E-state index in [0.29, 0.717) is 4.90 Å². The van der Waals surface area contributed by atoms with Gasteiger partial charge in [0.15, 0.2) is 0 Å². The third-order valence-electron chi connectivity index (χ3n) is 3.32. The number of nitrogens with one attached hydrogen (secondary N) is 1. The summed E-state index contributed by atoms with van der Waals surface area (Å²) in [6.07, 6.45) is 9.46. The number of benzene rings is 1. The molecule has 1 aliphatic rings. The zero-order valence-electron chi connectivity index (χ0n) is 10.8. The zero-order chi connectivity index (χ0) is 13.9. The maximum Gasteiger partial charge on any atom is 0.0940 e. The Kier molecular flexibility index (Phi) is 3.73. The second-order valence-electron chi connectivity index (χ2n) is 4.85. The van der Waals surface area contributed by atoms with E-state index in [4.69, 9.17) is 10.5 Å². The average molecular weight is 274 g/mol. The van der Waals surface area contributed by atoms with Crippen molar-refractivity contribution in [2.24, 2.45) is 11.1 Å². The Labute approximate surface area is 114 Å². The smallest absolute Gasteiger partial charge is 0.0940 e. The van der Waals surface area contributed by atoms with Crippen molar-refractivity contribution >= 4 is 9.73 Å². The lowest BCUT2D eigenvalue weighted by molar-refractivity contribution is 0.481. The Morgan fingerprint density at radius 3 is 2.63 bits per heavy atom. The highest BCUT2D eigenvalue weighted by Crippen LogP contribution is 2.29. The van der Waals surface area contributed by atoms with Crippen molar-refractivity contribution < 1.29 is 4.21 Å². The molecule has 0 spiro atoms. The molecule has 0 fully saturated rings. The van der Waals surface area contributed by atoms with E-state index in [1.807, 2.05) is 37.3 Å². The minimum atomic E-state index is -2.92. The molecule has 100 valence electrons. The summed E-state index contributed by atoms with van der Waals surface area (Å²) in [5.41, 5.74) is 5.64. The number of hydrogen-bond acceptors (Lipinski definition) is 3. The highest BCUT2D eigenvalue weighted by Gasteiger charge is 2.26. The van der Waals surface area contributed by atoms with E-state index in [0.717, 1.165) is 0 Å². The van der Waals surface area contributed by atoms with Crippen LogP contribution in [0.4, 0.5) is 0 Å². The Morgan fingerprint density at radius 1 is 1.32 bits per heavy atom. The lowest BCUT2D eigenvalue weighted by Gasteiger charge is -2.29. The monoisotopic (exact) mass is 274 g/mol. The van der Waals surface area contributed by atoms with Gasteiger partial charge in [0.2, 0.25) is 0 Å². The maximum absolute atomic E-state index is 12.4. The van der Waals surface area contributed by atoms with E-state index >= 15 is 0 Å². The van der Waals surface area contributed by atoms with Gasteiger partial charge >= 0.3 is 0 Å². The fourth-order valence-corrected chi connectivity index (χ4v) is 3.08. The van der Waals surface area contributed by atoms with Gasteiger partial charge in [0.1, 0.15) is 0 Å². The van der Waals surface area contributed by atoms with Gasteiger partial charge in [0.05, 0.1) is 14.6 Å². The molecular weight excluding hydrogens is 256 g/mol. The normalized spacial score (nSPS) is 29.5. The van der Waals surface area contributed by atoms with Crippen molar-refractivity contribution in [1.82, 2.24) is 0 Å². The van der Waals surface area contributed by atoms with Gasteiger partial charge in [-0.2, -0.15) is 0 Å². The van der Waals surface area contributed by atoms with E-state index in [2.05, 4.69) is 0 Å². The van der Waals surface area contributed by atoms with E-state index < -0.39 is 15.1 Å². The van der Waals surface area contributed by atoms with Crippen molar-refractivity contribution in [3.63, 3.8) is 0 Å². The molecule has 1 aromatic rings. The molecule has 3 nitrogen and oxygen atoms in total. The number of allylic oxidation sites excluding steroid dienone is 2. The summed E-state index contributed by atoms with van der Waals surface area (Å²) in [5.74, 6) is 0. The predicted octanol–water partition coefficient (Wildman–Crippen LogP) is 3.07. The Bertz CT molecular complexity index is 629. The molecule has 3 N–H and O–H groups in total. The second kappa shape index (κ2) is 5.15. The quantitative estimate of drug-likeness (QED) is 0.889. The topological polar surface area (TPSA) is 66.9 Å². The summed E-state index contributed by atoms with van der Waals surface area (Å²) in [5, 5.41) is 1.46. The van der Waals surface area contributed by atoms with Crippen LogP contribution in [0.3, 0.4) is 0 Å². The molecule has 0 aliphatic heterocycles. The van der Waals surface area contributed by atoms with Crippen molar-refractivity contribution in [2.75, 3.05) is 0 Å². The predicted molar refractivity (Wildman–Crippen MR) is 79.1 cm³/mol. The molecule has 19 heavy (non-hydrogen) atoms. The minimum Gasteiger partial charge on any atom is -0.323 e. The van der Waals surface area contributed by atoms with Crippen molar-refractivity contribution in [1.29, 1.82) is 4.78 Å². The van der Waals surface area contributed by atoms with Crippen LogP contribution in [0.2, 0.25) is 0 Å². The molecule has 0 radical (unpaired) electrons. The standard InChI is InChI=1S/C15H18N2OS/c1-15(10-6-5-9-14(15)16)11-12-19(17,18)13-7-3-2-4-8-13/h2-12,14,17H,16H2,1H3. The summed E-state index contributed by atoms with van der Waals surface area (Å²) < 4.78 is 20.4. The first kappa shape index (κ1) is 13.8. The molecule has 3 unspecified atom stereocenters. The fraction of sp³-hybridized carbons (Fsp3) is 0.200. The van der Waals surface area contributed by atoms with Crippen molar-refractivity contribution in [3.8, 4) is 0 Å². The van der Waals surface area contributed by atoms with Gasteiger partial charge < -0.3 is 5.73 Å². The van der Waals surface area contributed by atoms with Gasteiger partial charge in [0, 0.05) is 16.9 Å². The Hall–Kier alpha value is -1.65. The summed E-state index contributed by atoms with van der Waals surface area (Å²) >= 11 is 0. The first-order chi connectivity index (χ1) is 8.94. The third-order valence-corrected chi connectivity index (χ3v) is 4.81. The maximum atomic E-state index is 12.4. The van der Waals surface area contributed by atoms with Crippen LogP contribution in [-0.2, 0) is 9.73 Å². The number of nitrogens with two attached hydrogens (primary N) is 1. The van der Waals surface area contributed by atoms with Crippen LogP contribution in [0.1, 0.15) is 6.92 Å². The van der Waals surface area contributed by atoms with Gasteiger partial charge in [-0.15, -0.1) is 0 Å². The van der Waals surface area contributed by atoms with Gasteiger partial charge in [-0.1, -0.05) is 55.5 Å². The molecule has 0 amide bonds.